The summed E-state index contributed by atoms with van der Waals surface area (Å²) in [5, 5.41) is 3.76. The number of amides is 1. The van der Waals surface area contributed by atoms with Crippen molar-refractivity contribution < 1.29 is 4.79 Å². The van der Waals surface area contributed by atoms with Crippen LogP contribution in [0.3, 0.4) is 0 Å². The maximum absolute atomic E-state index is 12.4. The van der Waals surface area contributed by atoms with Crippen molar-refractivity contribution in [2.45, 2.75) is 12.7 Å². The van der Waals surface area contributed by atoms with Crippen molar-refractivity contribution in [3.8, 4) is 10.7 Å². The number of carbonyl (C=O) groups is 1. The lowest BCUT2D eigenvalue weighted by Gasteiger charge is -2.04. The molecule has 1 N–H and O–H groups in total. The van der Waals surface area contributed by atoms with Crippen LogP contribution in [-0.2, 0) is 5.75 Å². The molecule has 6 heteroatoms. The molecule has 1 amide bonds. The van der Waals surface area contributed by atoms with E-state index in [0.29, 0.717) is 11.4 Å². The molecule has 2 heterocycles. The highest BCUT2D eigenvalue weighted by Crippen LogP contribution is 2.26. The van der Waals surface area contributed by atoms with E-state index in [4.69, 9.17) is 0 Å². The Morgan fingerprint density at radius 3 is 2.72 bits per heavy atom. The van der Waals surface area contributed by atoms with Gasteiger partial charge in [0.25, 0.3) is 5.91 Å². The van der Waals surface area contributed by atoms with Crippen LogP contribution < -0.4 is 5.32 Å². The van der Waals surface area contributed by atoms with E-state index in [1.54, 1.807) is 6.20 Å². The zero-order valence-electron chi connectivity index (χ0n) is 13.9. The zero-order valence-corrected chi connectivity index (χ0v) is 15.6. The molecule has 0 atom stereocenters. The van der Waals surface area contributed by atoms with Gasteiger partial charge in [0.15, 0.2) is 0 Å². The number of benzene rings is 1. The zero-order chi connectivity index (χ0) is 17.5. The van der Waals surface area contributed by atoms with Gasteiger partial charge in [-0.05, 0) is 24.6 Å². The Kier molecular flexibility index (Phi) is 6.19. The molecular formula is C19H19N3OS2. The van der Waals surface area contributed by atoms with Gasteiger partial charge < -0.3 is 5.32 Å². The Morgan fingerprint density at radius 2 is 1.96 bits per heavy atom. The van der Waals surface area contributed by atoms with Crippen molar-refractivity contribution in [3.63, 3.8) is 0 Å². The lowest BCUT2D eigenvalue weighted by atomic mass is 10.2. The molecule has 0 radical (unpaired) electrons. The van der Waals surface area contributed by atoms with E-state index in [0.717, 1.165) is 27.9 Å². The SMILES string of the molecule is Cc1nc(-c2ccccn2)sc1C(=O)NCCSCc1ccccc1. The minimum Gasteiger partial charge on any atom is -0.350 e. The number of nitrogens with one attached hydrogen (secondary N) is 1. The highest BCUT2D eigenvalue weighted by molar-refractivity contribution is 7.98. The van der Waals surface area contributed by atoms with Crippen LogP contribution in [-0.4, -0.2) is 28.2 Å². The van der Waals surface area contributed by atoms with Crippen molar-refractivity contribution in [1.82, 2.24) is 15.3 Å². The first-order chi connectivity index (χ1) is 12.2. The molecule has 3 rings (SSSR count). The van der Waals surface area contributed by atoms with E-state index >= 15 is 0 Å². The Bertz CT molecular complexity index is 819. The lowest BCUT2D eigenvalue weighted by Crippen LogP contribution is -2.25. The summed E-state index contributed by atoms with van der Waals surface area (Å²) in [6.45, 7) is 2.51. The number of pyridine rings is 1. The van der Waals surface area contributed by atoms with Gasteiger partial charge in [0.1, 0.15) is 9.88 Å². The molecule has 0 spiro atoms. The summed E-state index contributed by atoms with van der Waals surface area (Å²) in [5.41, 5.74) is 2.85. The number of nitrogens with zero attached hydrogens (tertiary/aromatic N) is 2. The van der Waals surface area contributed by atoms with Gasteiger partial charge in [-0.2, -0.15) is 11.8 Å². The Labute approximate surface area is 155 Å². The standard InChI is InChI=1S/C19H19N3OS2/c1-14-17(25-19(22-14)16-9-5-6-10-20-16)18(23)21-11-12-24-13-15-7-3-2-4-8-15/h2-10H,11-13H2,1H3,(H,21,23). The van der Waals surface area contributed by atoms with Gasteiger partial charge in [-0.25, -0.2) is 4.98 Å². The van der Waals surface area contributed by atoms with Crippen LogP contribution in [0.2, 0.25) is 0 Å². The lowest BCUT2D eigenvalue weighted by molar-refractivity contribution is 0.0959. The summed E-state index contributed by atoms with van der Waals surface area (Å²) in [5.74, 6) is 1.78. The van der Waals surface area contributed by atoms with Gasteiger partial charge in [-0.15, -0.1) is 11.3 Å². The van der Waals surface area contributed by atoms with Crippen LogP contribution in [0.5, 0.6) is 0 Å². The molecule has 4 nitrogen and oxygen atoms in total. The monoisotopic (exact) mass is 369 g/mol. The van der Waals surface area contributed by atoms with Crippen LogP contribution in [0.4, 0.5) is 0 Å². The molecule has 128 valence electrons. The maximum Gasteiger partial charge on any atom is 0.263 e. The highest BCUT2D eigenvalue weighted by Gasteiger charge is 2.16. The Morgan fingerprint density at radius 1 is 1.16 bits per heavy atom. The second-order valence-electron chi connectivity index (χ2n) is 5.44. The quantitative estimate of drug-likeness (QED) is 0.635. The molecule has 0 saturated carbocycles. The van der Waals surface area contributed by atoms with Crippen LogP contribution in [0.25, 0.3) is 10.7 Å². The molecule has 0 bridgehead atoms. The van der Waals surface area contributed by atoms with Gasteiger partial charge in [0.05, 0.1) is 11.4 Å². The van der Waals surface area contributed by atoms with E-state index < -0.39 is 0 Å². The normalized spacial score (nSPS) is 10.6. The average Bonchev–Trinajstić information content (AvgIpc) is 3.05. The molecule has 0 fully saturated rings. The van der Waals surface area contributed by atoms with E-state index in [9.17, 15) is 4.79 Å². The topological polar surface area (TPSA) is 54.9 Å². The van der Waals surface area contributed by atoms with Crippen molar-refractivity contribution >= 4 is 29.0 Å². The fraction of sp³-hybridized carbons (Fsp3) is 0.211. The summed E-state index contributed by atoms with van der Waals surface area (Å²) >= 11 is 3.20. The van der Waals surface area contributed by atoms with Gasteiger partial charge >= 0.3 is 0 Å². The smallest absolute Gasteiger partial charge is 0.263 e. The molecular weight excluding hydrogens is 350 g/mol. The summed E-state index contributed by atoms with van der Waals surface area (Å²) in [7, 11) is 0. The van der Waals surface area contributed by atoms with Gasteiger partial charge in [0.2, 0.25) is 0 Å². The van der Waals surface area contributed by atoms with E-state index in [1.165, 1.54) is 16.9 Å². The highest BCUT2D eigenvalue weighted by atomic mass is 32.2. The maximum atomic E-state index is 12.4. The van der Waals surface area contributed by atoms with Crippen LogP contribution in [0, 0.1) is 6.92 Å². The first-order valence-electron chi connectivity index (χ1n) is 8.03. The van der Waals surface area contributed by atoms with Crippen LogP contribution in [0.15, 0.2) is 54.7 Å². The number of rotatable bonds is 7. The number of aryl methyl sites for hydroxylation is 1. The van der Waals surface area contributed by atoms with E-state index in [-0.39, 0.29) is 5.91 Å². The fourth-order valence-electron chi connectivity index (χ4n) is 2.29. The molecule has 0 saturated heterocycles. The number of thiazole rings is 1. The number of hydrogen-bond donors (Lipinski definition) is 1. The fourth-order valence-corrected chi connectivity index (χ4v) is 4.07. The number of hydrogen-bond acceptors (Lipinski definition) is 5. The number of aromatic nitrogens is 2. The number of carbonyl (C=O) groups excluding carboxylic acids is 1. The third-order valence-electron chi connectivity index (χ3n) is 3.53. The van der Waals surface area contributed by atoms with Gasteiger partial charge in [0, 0.05) is 24.2 Å². The number of thioether (sulfide) groups is 1. The minimum absolute atomic E-state index is 0.0579. The van der Waals surface area contributed by atoms with Crippen molar-refractivity contribution in [2.24, 2.45) is 0 Å². The third-order valence-corrected chi connectivity index (χ3v) is 5.74. The van der Waals surface area contributed by atoms with Crippen molar-refractivity contribution in [2.75, 3.05) is 12.3 Å². The predicted octanol–water partition coefficient (Wildman–Crippen LogP) is 4.18. The summed E-state index contributed by atoms with van der Waals surface area (Å²) in [4.78, 5) is 21.8. The van der Waals surface area contributed by atoms with Crippen LogP contribution >= 0.6 is 23.1 Å². The molecule has 25 heavy (non-hydrogen) atoms. The molecule has 2 aromatic heterocycles. The summed E-state index contributed by atoms with van der Waals surface area (Å²) < 4.78 is 0. The first kappa shape index (κ1) is 17.6. The van der Waals surface area contributed by atoms with Crippen molar-refractivity contribution in [3.05, 3.63) is 70.9 Å². The molecule has 0 aliphatic rings. The first-order valence-corrected chi connectivity index (χ1v) is 10.00. The largest absolute Gasteiger partial charge is 0.350 e. The second-order valence-corrected chi connectivity index (χ2v) is 7.55. The molecule has 1 aromatic carbocycles. The molecule has 0 aliphatic carbocycles. The van der Waals surface area contributed by atoms with E-state index in [1.807, 2.05) is 55.1 Å². The minimum atomic E-state index is -0.0579. The van der Waals surface area contributed by atoms with Gasteiger partial charge in [-0.1, -0.05) is 36.4 Å². The van der Waals surface area contributed by atoms with Gasteiger partial charge in [-0.3, -0.25) is 9.78 Å². The summed E-state index contributed by atoms with van der Waals surface area (Å²) in [6.07, 6.45) is 1.73. The average molecular weight is 370 g/mol. The van der Waals surface area contributed by atoms with Crippen LogP contribution in [0.1, 0.15) is 20.9 Å². The second kappa shape index (κ2) is 8.78. The van der Waals surface area contributed by atoms with Crippen molar-refractivity contribution in [1.29, 1.82) is 0 Å². The Hall–Kier alpha value is -2.18. The summed E-state index contributed by atoms with van der Waals surface area (Å²) in [6, 6.07) is 16.0. The third kappa shape index (κ3) is 4.90. The molecule has 0 aliphatic heterocycles. The van der Waals surface area contributed by atoms with E-state index in [2.05, 4.69) is 27.4 Å². The predicted molar refractivity (Wildman–Crippen MR) is 105 cm³/mol. The molecule has 3 aromatic rings. The molecule has 0 unspecified atom stereocenters. The Balaban J connectivity index is 1.49.